The molecule has 2 aliphatic heterocycles. The van der Waals surface area contributed by atoms with Crippen molar-refractivity contribution in [2.24, 2.45) is 11.8 Å². The Balaban J connectivity index is 1.37. The fourth-order valence-electron chi connectivity index (χ4n) is 4.32. The van der Waals surface area contributed by atoms with Gasteiger partial charge >= 0.3 is 0 Å². The van der Waals surface area contributed by atoms with E-state index in [9.17, 15) is 9.59 Å². The molecule has 2 heterocycles. The SMILES string of the molecule is CC(CC(=O)NC1CCN(C(=O)CCc2ccccc2)C1)C1CCNCC1. The molecule has 0 spiro atoms. The van der Waals surface area contributed by atoms with E-state index in [1.165, 1.54) is 18.4 Å². The first-order valence-electron chi connectivity index (χ1n) is 10.4. The van der Waals surface area contributed by atoms with Crippen molar-refractivity contribution in [3.63, 3.8) is 0 Å². The number of amides is 2. The van der Waals surface area contributed by atoms with E-state index in [1.54, 1.807) is 0 Å². The number of carbonyl (C=O) groups excluding carboxylic acids is 2. The highest BCUT2D eigenvalue weighted by molar-refractivity contribution is 5.78. The van der Waals surface area contributed by atoms with Crippen molar-refractivity contribution in [3.8, 4) is 0 Å². The normalized spacial score (nSPS) is 21.8. The summed E-state index contributed by atoms with van der Waals surface area (Å²) in [6.45, 7) is 5.74. The van der Waals surface area contributed by atoms with Crippen LogP contribution in [0.4, 0.5) is 0 Å². The number of rotatable bonds is 7. The number of hydrogen-bond donors (Lipinski definition) is 2. The summed E-state index contributed by atoms with van der Waals surface area (Å²) in [5.41, 5.74) is 1.20. The summed E-state index contributed by atoms with van der Waals surface area (Å²) in [5.74, 6) is 1.41. The van der Waals surface area contributed by atoms with E-state index in [1.807, 2.05) is 23.1 Å². The number of likely N-dealkylation sites (tertiary alicyclic amines) is 1. The Morgan fingerprint density at radius 1 is 1.19 bits per heavy atom. The van der Waals surface area contributed by atoms with E-state index >= 15 is 0 Å². The fraction of sp³-hybridized carbons (Fsp3) is 0.636. The molecule has 0 bridgehead atoms. The lowest BCUT2D eigenvalue weighted by Crippen LogP contribution is -2.40. The van der Waals surface area contributed by atoms with Crippen molar-refractivity contribution in [3.05, 3.63) is 35.9 Å². The largest absolute Gasteiger partial charge is 0.352 e. The van der Waals surface area contributed by atoms with Crippen molar-refractivity contribution in [2.45, 2.75) is 51.5 Å². The zero-order valence-electron chi connectivity index (χ0n) is 16.5. The van der Waals surface area contributed by atoms with Gasteiger partial charge in [-0.25, -0.2) is 0 Å². The second kappa shape index (κ2) is 9.88. The number of hydrogen-bond acceptors (Lipinski definition) is 3. The Bertz CT molecular complexity index is 613. The summed E-state index contributed by atoms with van der Waals surface area (Å²) < 4.78 is 0. The lowest BCUT2D eigenvalue weighted by molar-refractivity contribution is -0.130. The Hall–Kier alpha value is -1.88. The molecule has 2 fully saturated rings. The fourth-order valence-corrected chi connectivity index (χ4v) is 4.32. The maximum absolute atomic E-state index is 12.4. The van der Waals surface area contributed by atoms with Crippen LogP contribution < -0.4 is 10.6 Å². The monoisotopic (exact) mass is 371 g/mol. The van der Waals surface area contributed by atoms with Gasteiger partial charge < -0.3 is 15.5 Å². The zero-order valence-corrected chi connectivity index (χ0v) is 16.5. The average Bonchev–Trinajstić information content (AvgIpc) is 3.16. The highest BCUT2D eigenvalue weighted by Gasteiger charge is 2.28. The molecule has 2 N–H and O–H groups in total. The summed E-state index contributed by atoms with van der Waals surface area (Å²) in [6.07, 6.45) is 5.12. The number of carbonyl (C=O) groups is 2. The van der Waals surface area contributed by atoms with Gasteiger partial charge in [-0.05, 0) is 56.2 Å². The van der Waals surface area contributed by atoms with Gasteiger partial charge in [0.1, 0.15) is 0 Å². The lowest BCUT2D eigenvalue weighted by atomic mass is 9.84. The first-order valence-corrected chi connectivity index (χ1v) is 10.4. The molecule has 5 nitrogen and oxygen atoms in total. The summed E-state index contributed by atoms with van der Waals surface area (Å²) >= 11 is 0. The molecule has 2 amide bonds. The third-order valence-electron chi connectivity index (χ3n) is 6.07. The van der Waals surface area contributed by atoms with Gasteiger partial charge in [-0.2, -0.15) is 0 Å². The molecule has 0 aromatic heterocycles. The second-order valence-corrected chi connectivity index (χ2v) is 8.15. The molecule has 148 valence electrons. The van der Waals surface area contributed by atoms with Crippen LogP contribution in [0, 0.1) is 11.8 Å². The maximum atomic E-state index is 12.4. The van der Waals surface area contributed by atoms with E-state index in [0.29, 0.717) is 31.2 Å². The maximum Gasteiger partial charge on any atom is 0.222 e. The molecule has 3 rings (SSSR count). The molecule has 1 aromatic rings. The van der Waals surface area contributed by atoms with Crippen LogP contribution in [0.1, 0.15) is 44.6 Å². The van der Waals surface area contributed by atoms with Crippen LogP contribution in [-0.2, 0) is 16.0 Å². The molecular weight excluding hydrogens is 338 g/mol. The molecule has 2 unspecified atom stereocenters. The predicted molar refractivity (Wildman–Crippen MR) is 107 cm³/mol. The average molecular weight is 372 g/mol. The summed E-state index contributed by atoms with van der Waals surface area (Å²) in [5, 5.41) is 6.54. The van der Waals surface area contributed by atoms with Crippen LogP contribution in [0.15, 0.2) is 30.3 Å². The van der Waals surface area contributed by atoms with Gasteiger partial charge in [-0.3, -0.25) is 9.59 Å². The van der Waals surface area contributed by atoms with Gasteiger partial charge in [-0.1, -0.05) is 37.3 Å². The van der Waals surface area contributed by atoms with Crippen LogP contribution in [0.2, 0.25) is 0 Å². The molecule has 27 heavy (non-hydrogen) atoms. The van der Waals surface area contributed by atoms with Gasteiger partial charge in [0.05, 0.1) is 0 Å². The topological polar surface area (TPSA) is 61.4 Å². The van der Waals surface area contributed by atoms with Crippen molar-refractivity contribution < 1.29 is 9.59 Å². The van der Waals surface area contributed by atoms with Crippen LogP contribution in [0.3, 0.4) is 0 Å². The Morgan fingerprint density at radius 3 is 2.67 bits per heavy atom. The molecular formula is C22H33N3O2. The molecule has 2 atom stereocenters. The minimum Gasteiger partial charge on any atom is -0.352 e. The van der Waals surface area contributed by atoms with Gasteiger partial charge in [0.25, 0.3) is 0 Å². The lowest BCUT2D eigenvalue weighted by Gasteiger charge is -2.28. The first kappa shape index (κ1) is 19.9. The van der Waals surface area contributed by atoms with E-state index in [-0.39, 0.29) is 17.9 Å². The van der Waals surface area contributed by atoms with Crippen LogP contribution in [-0.4, -0.2) is 48.9 Å². The highest BCUT2D eigenvalue weighted by Crippen LogP contribution is 2.24. The molecule has 2 saturated heterocycles. The molecule has 0 aliphatic carbocycles. The molecule has 1 aromatic carbocycles. The molecule has 2 aliphatic rings. The van der Waals surface area contributed by atoms with Gasteiger partial charge in [0.2, 0.25) is 11.8 Å². The summed E-state index contributed by atoms with van der Waals surface area (Å²) in [6, 6.07) is 10.2. The van der Waals surface area contributed by atoms with Crippen LogP contribution in [0.5, 0.6) is 0 Å². The Morgan fingerprint density at radius 2 is 1.93 bits per heavy atom. The predicted octanol–water partition coefficient (Wildman–Crippen LogP) is 2.36. The standard InChI is InChI=1S/C22H33N3O2/c1-17(19-9-12-23-13-10-19)15-21(26)24-20-11-14-25(16-20)22(27)8-7-18-5-3-2-4-6-18/h2-6,17,19-20,23H,7-16H2,1H3,(H,24,26). The minimum absolute atomic E-state index is 0.110. The first-order chi connectivity index (χ1) is 13.1. The van der Waals surface area contributed by atoms with Crippen molar-refractivity contribution >= 4 is 11.8 Å². The van der Waals surface area contributed by atoms with E-state index in [0.717, 1.165) is 32.5 Å². The summed E-state index contributed by atoms with van der Waals surface area (Å²) in [4.78, 5) is 26.8. The molecule has 0 saturated carbocycles. The van der Waals surface area contributed by atoms with Crippen LogP contribution >= 0.6 is 0 Å². The van der Waals surface area contributed by atoms with Crippen LogP contribution in [0.25, 0.3) is 0 Å². The molecule has 0 radical (unpaired) electrons. The van der Waals surface area contributed by atoms with Crippen molar-refractivity contribution in [1.82, 2.24) is 15.5 Å². The van der Waals surface area contributed by atoms with E-state index < -0.39 is 0 Å². The zero-order chi connectivity index (χ0) is 19.1. The Kier molecular flexibility index (Phi) is 7.27. The number of piperidine rings is 1. The summed E-state index contributed by atoms with van der Waals surface area (Å²) in [7, 11) is 0. The third kappa shape index (κ3) is 6.06. The van der Waals surface area contributed by atoms with E-state index in [4.69, 9.17) is 0 Å². The number of aryl methyl sites for hydroxylation is 1. The third-order valence-corrected chi connectivity index (χ3v) is 6.07. The van der Waals surface area contributed by atoms with Crippen molar-refractivity contribution in [2.75, 3.05) is 26.2 Å². The minimum atomic E-state index is 0.110. The number of nitrogens with zero attached hydrogens (tertiary/aromatic N) is 1. The van der Waals surface area contributed by atoms with Gasteiger partial charge in [0, 0.05) is 32.0 Å². The van der Waals surface area contributed by atoms with Crippen molar-refractivity contribution in [1.29, 1.82) is 0 Å². The van der Waals surface area contributed by atoms with Gasteiger partial charge in [0.15, 0.2) is 0 Å². The Labute approximate surface area is 162 Å². The number of nitrogens with one attached hydrogen (secondary N) is 2. The number of benzene rings is 1. The quantitative estimate of drug-likeness (QED) is 0.773. The second-order valence-electron chi connectivity index (χ2n) is 8.15. The van der Waals surface area contributed by atoms with E-state index in [2.05, 4.69) is 29.7 Å². The highest BCUT2D eigenvalue weighted by atomic mass is 16.2. The molecule has 5 heteroatoms. The smallest absolute Gasteiger partial charge is 0.222 e. The van der Waals surface area contributed by atoms with Gasteiger partial charge in [-0.15, -0.1) is 0 Å².